The molecular formula is C18H23BrN2O3S. The van der Waals surface area contributed by atoms with E-state index in [1.807, 2.05) is 38.1 Å². The number of hydrogen-bond donors (Lipinski definition) is 0. The third kappa shape index (κ3) is 5.06. The molecule has 1 amide bonds. The third-order valence-electron chi connectivity index (χ3n) is 4.15. The van der Waals surface area contributed by atoms with E-state index in [0.717, 1.165) is 10.0 Å². The van der Waals surface area contributed by atoms with Gasteiger partial charge in [0.25, 0.3) is 0 Å². The van der Waals surface area contributed by atoms with Crippen molar-refractivity contribution < 1.29 is 13.2 Å². The van der Waals surface area contributed by atoms with Crippen LogP contribution in [-0.2, 0) is 21.4 Å². The van der Waals surface area contributed by atoms with Gasteiger partial charge in [0.05, 0.1) is 12.3 Å². The summed E-state index contributed by atoms with van der Waals surface area (Å²) in [7, 11) is -3.56. The fourth-order valence-electron chi connectivity index (χ4n) is 2.89. The molecule has 0 bridgehead atoms. The van der Waals surface area contributed by atoms with Crippen molar-refractivity contribution in [2.45, 2.75) is 32.9 Å². The zero-order chi connectivity index (χ0) is 18.6. The number of halogens is 1. The number of carbonyl (C=O) groups excluding carboxylic acids is 1. The van der Waals surface area contributed by atoms with Gasteiger partial charge in [0.1, 0.15) is 6.04 Å². The van der Waals surface area contributed by atoms with E-state index in [9.17, 15) is 13.2 Å². The Balaban J connectivity index is 2.40. The topological polar surface area (TPSA) is 57.7 Å². The lowest BCUT2D eigenvalue weighted by Gasteiger charge is -2.30. The van der Waals surface area contributed by atoms with Crippen molar-refractivity contribution in [2.75, 3.05) is 18.8 Å². The van der Waals surface area contributed by atoms with E-state index in [-0.39, 0.29) is 37.2 Å². The average molecular weight is 427 g/mol. The van der Waals surface area contributed by atoms with Crippen LogP contribution in [0.3, 0.4) is 0 Å². The Hall–Kier alpha value is -1.36. The monoisotopic (exact) mass is 426 g/mol. The fourth-order valence-corrected chi connectivity index (χ4v) is 4.75. The standard InChI is InChI=1S/C18H23BrN2O3S/c1-4-9-20-10-11-25(23,24)21(17(18(20)22)12-14(2)3)13-15-5-7-16(19)8-6-15/h1,5-8,14,17H,9-13H2,2-3H3/t17-/m0/s1. The quantitative estimate of drug-likeness (QED) is 0.679. The van der Waals surface area contributed by atoms with Crippen LogP contribution < -0.4 is 0 Å². The predicted molar refractivity (Wildman–Crippen MR) is 102 cm³/mol. The van der Waals surface area contributed by atoms with Crippen molar-refractivity contribution in [1.29, 1.82) is 0 Å². The molecule has 1 aromatic carbocycles. The lowest BCUT2D eigenvalue weighted by molar-refractivity contribution is -0.134. The third-order valence-corrected chi connectivity index (χ3v) is 6.47. The molecule has 0 aliphatic carbocycles. The highest BCUT2D eigenvalue weighted by Gasteiger charge is 2.40. The van der Waals surface area contributed by atoms with Crippen LogP contribution in [0.4, 0.5) is 0 Å². The second-order valence-corrected chi connectivity index (χ2v) is 9.55. The van der Waals surface area contributed by atoms with Crippen molar-refractivity contribution in [1.82, 2.24) is 9.21 Å². The van der Waals surface area contributed by atoms with E-state index in [1.165, 1.54) is 9.21 Å². The van der Waals surface area contributed by atoms with Crippen molar-refractivity contribution in [2.24, 2.45) is 5.92 Å². The smallest absolute Gasteiger partial charge is 0.241 e. The van der Waals surface area contributed by atoms with E-state index < -0.39 is 16.1 Å². The Morgan fingerprint density at radius 1 is 1.32 bits per heavy atom. The summed E-state index contributed by atoms with van der Waals surface area (Å²) in [5.74, 6) is 2.33. The highest BCUT2D eigenvalue weighted by Crippen LogP contribution is 2.24. The van der Waals surface area contributed by atoms with Crippen LogP contribution in [0.1, 0.15) is 25.8 Å². The molecule has 0 N–H and O–H groups in total. The van der Waals surface area contributed by atoms with Gasteiger partial charge in [-0.1, -0.05) is 47.8 Å². The second kappa shape index (κ2) is 8.35. The van der Waals surface area contributed by atoms with Gasteiger partial charge in [-0.2, -0.15) is 4.31 Å². The molecule has 0 aromatic heterocycles. The summed E-state index contributed by atoms with van der Waals surface area (Å²) in [5.41, 5.74) is 0.846. The maximum absolute atomic E-state index is 12.9. The molecule has 1 fully saturated rings. The van der Waals surface area contributed by atoms with Crippen LogP contribution in [0.15, 0.2) is 28.7 Å². The van der Waals surface area contributed by atoms with Gasteiger partial charge in [0.15, 0.2) is 0 Å². The lowest BCUT2D eigenvalue weighted by Crippen LogP contribution is -2.47. The summed E-state index contributed by atoms with van der Waals surface area (Å²) in [6, 6.07) is 6.73. The summed E-state index contributed by atoms with van der Waals surface area (Å²) < 4.78 is 28.0. The van der Waals surface area contributed by atoms with Crippen LogP contribution in [0.2, 0.25) is 0 Å². The van der Waals surface area contributed by atoms with Crippen LogP contribution in [0.25, 0.3) is 0 Å². The molecule has 1 heterocycles. The van der Waals surface area contributed by atoms with Crippen LogP contribution in [-0.4, -0.2) is 48.4 Å². The minimum absolute atomic E-state index is 0.106. The van der Waals surface area contributed by atoms with E-state index in [0.29, 0.717) is 6.42 Å². The summed E-state index contributed by atoms with van der Waals surface area (Å²) in [6.45, 7) is 4.41. The van der Waals surface area contributed by atoms with Gasteiger partial charge in [-0.05, 0) is 30.0 Å². The minimum atomic E-state index is -3.56. The first-order valence-corrected chi connectivity index (χ1v) is 10.6. The number of sulfonamides is 1. The van der Waals surface area contributed by atoms with Gasteiger partial charge in [-0.3, -0.25) is 4.79 Å². The molecule has 5 nitrogen and oxygen atoms in total. The molecule has 1 saturated heterocycles. The maximum Gasteiger partial charge on any atom is 0.241 e. The van der Waals surface area contributed by atoms with E-state index in [2.05, 4.69) is 21.9 Å². The Bertz CT molecular complexity index is 754. The van der Waals surface area contributed by atoms with Crippen molar-refractivity contribution in [3.63, 3.8) is 0 Å². The zero-order valence-electron chi connectivity index (χ0n) is 14.5. The molecule has 2 rings (SSSR count). The van der Waals surface area contributed by atoms with Gasteiger partial charge < -0.3 is 4.90 Å². The summed E-state index contributed by atoms with van der Waals surface area (Å²) in [6.07, 6.45) is 5.82. The van der Waals surface area contributed by atoms with Gasteiger partial charge in [0, 0.05) is 17.6 Å². The highest BCUT2D eigenvalue weighted by atomic mass is 79.9. The van der Waals surface area contributed by atoms with Crippen molar-refractivity contribution in [3.05, 3.63) is 34.3 Å². The fraction of sp³-hybridized carbons (Fsp3) is 0.500. The number of carbonyl (C=O) groups is 1. The SMILES string of the molecule is C#CCN1CCS(=O)(=O)N(Cc2ccc(Br)cc2)[C@@H](CC(C)C)C1=O. The Kier molecular flexibility index (Phi) is 6.66. The molecule has 7 heteroatoms. The molecule has 0 unspecified atom stereocenters. The second-order valence-electron chi connectivity index (χ2n) is 6.60. The molecule has 0 saturated carbocycles. The van der Waals surface area contributed by atoms with Crippen molar-refractivity contribution in [3.8, 4) is 12.3 Å². The Labute approximate surface area is 158 Å². The van der Waals surface area contributed by atoms with Crippen molar-refractivity contribution >= 4 is 31.9 Å². The number of hydrogen-bond acceptors (Lipinski definition) is 3. The highest BCUT2D eigenvalue weighted by molar-refractivity contribution is 9.10. The van der Waals surface area contributed by atoms with E-state index in [1.54, 1.807) is 0 Å². The predicted octanol–water partition coefficient (Wildman–Crippen LogP) is 2.47. The molecular weight excluding hydrogens is 404 g/mol. The van der Waals surface area contributed by atoms with E-state index in [4.69, 9.17) is 6.42 Å². The van der Waals surface area contributed by atoms with Crippen LogP contribution in [0, 0.1) is 18.3 Å². The first-order valence-electron chi connectivity index (χ1n) is 8.21. The Morgan fingerprint density at radius 3 is 2.52 bits per heavy atom. The van der Waals surface area contributed by atoms with Crippen LogP contribution in [0.5, 0.6) is 0 Å². The summed E-state index contributed by atoms with van der Waals surface area (Å²) in [4.78, 5) is 14.4. The Morgan fingerprint density at radius 2 is 1.96 bits per heavy atom. The van der Waals surface area contributed by atoms with Gasteiger partial charge in [0.2, 0.25) is 15.9 Å². The first-order chi connectivity index (χ1) is 11.7. The number of nitrogens with zero attached hydrogens (tertiary/aromatic N) is 2. The molecule has 1 aromatic rings. The largest absolute Gasteiger partial charge is 0.329 e. The molecule has 1 aliphatic heterocycles. The number of terminal acetylenes is 1. The lowest BCUT2D eigenvalue weighted by atomic mass is 10.0. The van der Waals surface area contributed by atoms with Gasteiger partial charge in [-0.15, -0.1) is 6.42 Å². The maximum atomic E-state index is 12.9. The molecule has 136 valence electrons. The average Bonchev–Trinajstić information content (AvgIpc) is 2.62. The molecule has 1 atom stereocenters. The van der Waals surface area contributed by atoms with E-state index >= 15 is 0 Å². The summed E-state index contributed by atoms with van der Waals surface area (Å²) in [5, 5.41) is 0. The molecule has 25 heavy (non-hydrogen) atoms. The van der Waals surface area contributed by atoms with Gasteiger partial charge in [-0.25, -0.2) is 8.42 Å². The molecule has 0 radical (unpaired) electrons. The molecule has 1 aliphatic rings. The normalized spacial score (nSPS) is 21.2. The number of amides is 1. The number of rotatable bonds is 5. The zero-order valence-corrected chi connectivity index (χ0v) is 16.9. The number of benzene rings is 1. The molecule has 0 spiro atoms. The van der Waals surface area contributed by atoms with Crippen LogP contribution >= 0.6 is 15.9 Å². The van der Waals surface area contributed by atoms with Gasteiger partial charge >= 0.3 is 0 Å². The minimum Gasteiger partial charge on any atom is -0.329 e. The first kappa shape index (κ1) is 20.0. The summed E-state index contributed by atoms with van der Waals surface area (Å²) >= 11 is 3.37.